The molecule has 0 saturated carbocycles. The molecule has 1 aliphatic heterocycles. The molecule has 0 aromatic heterocycles. The predicted octanol–water partition coefficient (Wildman–Crippen LogP) is 0.274. The Balaban J connectivity index is 2.13. The van der Waals surface area contributed by atoms with E-state index in [9.17, 15) is 8.42 Å². The third-order valence-corrected chi connectivity index (χ3v) is 2.62. The van der Waals surface area contributed by atoms with Crippen LogP contribution in [0.4, 0.5) is 0 Å². The van der Waals surface area contributed by atoms with E-state index in [2.05, 4.69) is 20.9 Å². The fraction of sp³-hybridized carbons (Fsp3) is 0.222. The Morgan fingerprint density at radius 3 is 2.56 bits per heavy atom. The van der Waals surface area contributed by atoms with E-state index in [0.29, 0.717) is 6.42 Å². The zero-order valence-electron chi connectivity index (χ0n) is 9.18. The minimum absolute atomic E-state index is 0.337. The summed E-state index contributed by atoms with van der Waals surface area (Å²) in [5.74, 6) is 0. The molecule has 0 saturated heterocycles. The second kappa shape index (κ2) is 4.90. The monoisotopic (exact) mass is 269 g/mol. The van der Waals surface area contributed by atoms with E-state index in [1.165, 1.54) is 6.21 Å². The lowest BCUT2D eigenvalue weighted by molar-refractivity contribution is 0.391. The van der Waals surface area contributed by atoms with Crippen molar-refractivity contribution in [3.8, 4) is 0 Å². The summed E-state index contributed by atoms with van der Waals surface area (Å²) in [7, 11) is -4.37. The molecule has 1 heterocycles. The van der Waals surface area contributed by atoms with Crippen molar-refractivity contribution in [3.63, 3.8) is 0 Å². The maximum Gasteiger partial charge on any atom is 0.346 e. The third kappa shape index (κ3) is 3.40. The lowest BCUT2D eigenvalue weighted by Crippen LogP contribution is -2.54. The number of hydrazine groups is 1. The minimum Gasteiger partial charge on any atom is -0.273 e. The van der Waals surface area contributed by atoms with Crippen LogP contribution in [0.15, 0.2) is 45.8 Å². The molecule has 0 aliphatic carbocycles. The molecule has 3 N–H and O–H groups in total. The summed E-state index contributed by atoms with van der Waals surface area (Å²) >= 11 is 0. The van der Waals surface area contributed by atoms with Crippen molar-refractivity contribution in [1.82, 2.24) is 10.3 Å². The maximum atomic E-state index is 10.6. The van der Waals surface area contributed by atoms with Crippen molar-refractivity contribution >= 4 is 16.5 Å². The largest absolute Gasteiger partial charge is 0.346 e. The summed E-state index contributed by atoms with van der Waals surface area (Å²) in [6.45, 7) is 0. The van der Waals surface area contributed by atoms with Gasteiger partial charge in [0.1, 0.15) is 0 Å². The lowest BCUT2D eigenvalue weighted by Gasteiger charge is -2.22. The van der Waals surface area contributed by atoms with Gasteiger partial charge < -0.3 is 0 Å². The Bertz CT molecular complexity index is 557. The molecule has 1 aliphatic rings. The van der Waals surface area contributed by atoms with E-state index >= 15 is 0 Å². The molecule has 0 radical (unpaired) electrons. The van der Waals surface area contributed by atoms with Crippen molar-refractivity contribution in [2.24, 2.45) is 15.4 Å². The zero-order valence-corrected chi connectivity index (χ0v) is 10.0. The van der Waals surface area contributed by atoms with Gasteiger partial charge in [0.15, 0.2) is 5.66 Å². The first-order chi connectivity index (χ1) is 8.49. The van der Waals surface area contributed by atoms with Gasteiger partial charge in [0.25, 0.3) is 0 Å². The Labute approximate surface area is 104 Å². The van der Waals surface area contributed by atoms with E-state index in [1.54, 1.807) is 4.83 Å². The van der Waals surface area contributed by atoms with Crippen LogP contribution in [0, 0.1) is 0 Å². The minimum atomic E-state index is -4.37. The number of rotatable bonds is 5. The third-order valence-electron chi connectivity index (χ3n) is 2.26. The van der Waals surface area contributed by atoms with E-state index in [1.807, 2.05) is 30.3 Å². The summed E-state index contributed by atoms with van der Waals surface area (Å²) < 4.78 is 29.9. The molecule has 18 heavy (non-hydrogen) atoms. The van der Waals surface area contributed by atoms with Crippen LogP contribution in [0.2, 0.25) is 0 Å². The summed E-state index contributed by atoms with van der Waals surface area (Å²) in [5, 5.41) is 10.9. The van der Waals surface area contributed by atoms with Gasteiger partial charge in [-0.1, -0.05) is 30.3 Å². The second-order valence-electron chi connectivity index (χ2n) is 3.72. The van der Waals surface area contributed by atoms with Crippen LogP contribution < -0.4 is 10.3 Å². The smallest absolute Gasteiger partial charge is 0.273 e. The van der Waals surface area contributed by atoms with Gasteiger partial charge in [-0.05, 0) is 10.8 Å². The van der Waals surface area contributed by atoms with Gasteiger partial charge in [-0.2, -0.15) is 8.42 Å². The van der Waals surface area contributed by atoms with Gasteiger partial charge >= 0.3 is 10.3 Å². The number of nitrogens with one attached hydrogen (secondary N) is 2. The highest BCUT2D eigenvalue weighted by Crippen LogP contribution is 2.17. The molecular formula is C9H11N5O3S. The number of nitrogens with zero attached hydrogens (tertiary/aromatic N) is 3. The Kier molecular flexibility index (Phi) is 3.48. The van der Waals surface area contributed by atoms with Crippen LogP contribution in [0.3, 0.4) is 0 Å². The highest BCUT2D eigenvalue weighted by Gasteiger charge is 2.32. The fourth-order valence-corrected chi connectivity index (χ4v) is 1.80. The summed E-state index contributed by atoms with van der Waals surface area (Å²) in [5.41, 5.74) is 2.17. The standard InChI is InChI=1S/C9H11N5O3S/c15-18(16,17)14-12-9(7-10-13-11-9)6-8-4-2-1-3-5-8/h1-5,7,12,14H,6H2,(H,15,16,17). The van der Waals surface area contributed by atoms with Crippen molar-refractivity contribution in [2.45, 2.75) is 12.1 Å². The predicted molar refractivity (Wildman–Crippen MR) is 64.0 cm³/mol. The molecule has 1 unspecified atom stereocenters. The van der Waals surface area contributed by atoms with Gasteiger partial charge in [0, 0.05) is 6.42 Å². The van der Waals surface area contributed by atoms with Crippen molar-refractivity contribution in [1.29, 1.82) is 0 Å². The highest BCUT2D eigenvalue weighted by molar-refractivity contribution is 7.83. The maximum absolute atomic E-state index is 10.6. The lowest BCUT2D eigenvalue weighted by atomic mass is 10.0. The first-order valence-electron chi connectivity index (χ1n) is 5.01. The van der Waals surface area contributed by atoms with Gasteiger partial charge in [0.2, 0.25) is 0 Å². The number of hydrogen-bond acceptors (Lipinski definition) is 6. The normalized spacial score (nSPS) is 22.5. The van der Waals surface area contributed by atoms with E-state index in [0.717, 1.165) is 5.56 Å². The molecule has 96 valence electrons. The second-order valence-corrected chi connectivity index (χ2v) is 4.88. The van der Waals surface area contributed by atoms with Crippen LogP contribution in [0.1, 0.15) is 5.56 Å². The average Bonchev–Trinajstić information content (AvgIpc) is 2.76. The Morgan fingerprint density at radius 2 is 2.00 bits per heavy atom. The Hall–Kier alpha value is -1.68. The molecule has 1 aromatic carbocycles. The molecule has 1 aromatic rings. The SMILES string of the molecule is O=S(=O)(O)NNC1(Cc2ccccc2)C=NN=N1. The molecule has 0 bridgehead atoms. The highest BCUT2D eigenvalue weighted by atomic mass is 32.2. The van der Waals surface area contributed by atoms with Crippen LogP contribution in [-0.4, -0.2) is 24.8 Å². The van der Waals surface area contributed by atoms with Crippen molar-refractivity contribution in [3.05, 3.63) is 35.9 Å². The van der Waals surface area contributed by atoms with Crippen LogP contribution in [0.25, 0.3) is 0 Å². The van der Waals surface area contributed by atoms with Gasteiger partial charge in [-0.3, -0.25) is 4.55 Å². The molecule has 0 fully saturated rings. The van der Waals surface area contributed by atoms with E-state index < -0.39 is 16.0 Å². The molecule has 8 nitrogen and oxygen atoms in total. The van der Waals surface area contributed by atoms with Crippen LogP contribution in [0.5, 0.6) is 0 Å². The number of hydrogen-bond donors (Lipinski definition) is 3. The summed E-state index contributed by atoms with van der Waals surface area (Å²) in [4.78, 5) is 1.76. The molecule has 9 heteroatoms. The van der Waals surface area contributed by atoms with Crippen LogP contribution in [-0.2, 0) is 16.7 Å². The average molecular weight is 269 g/mol. The molecule has 0 spiro atoms. The quantitative estimate of drug-likeness (QED) is 0.525. The molecule has 2 rings (SSSR count). The summed E-state index contributed by atoms with van der Waals surface area (Å²) in [6.07, 6.45) is 1.70. The van der Waals surface area contributed by atoms with E-state index in [-0.39, 0.29) is 0 Å². The molecule has 1 atom stereocenters. The van der Waals surface area contributed by atoms with E-state index in [4.69, 9.17) is 4.55 Å². The first kappa shape index (κ1) is 12.8. The topological polar surface area (TPSA) is 116 Å². The van der Waals surface area contributed by atoms with Crippen LogP contribution >= 0.6 is 0 Å². The van der Waals surface area contributed by atoms with Gasteiger partial charge in [-0.25, -0.2) is 5.43 Å². The summed E-state index contributed by atoms with van der Waals surface area (Å²) in [6, 6.07) is 9.28. The van der Waals surface area contributed by atoms with Gasteiger partial charge in [-0.15, -0.1) is 15.0 Å². The zero-order chi connectivity index (χ0) is 13.1. The van der Waals surface area contributed by atoms with Gasteiger partial charge in [0.05, 0.1) is 6.21 Å². The Morgan fingerprint density at radius 1 is 1.28 bits per heavy atom. The first-order valence-corrected chi connectivity index (χ1v) is 6.45. The van der Waals surface area contributed by atoms with Crippen molar-refractivity contribution in [2.75, 3.05) is 0 Å². The fourth-order valence-electron chi connectivity index (χ4n) is 1.50. The molecule has 0 amide bonds. The van der Waals surface area contributed by atoms with Crippen molar-refractivity contribution < 1.29 is 13.0 Å². The number of benzene rings is 1. The molecular weight excluding hydrogens is 258 g/mol.